The van der Waals surface area contributed by atoms with E-state index >= 15 is 0 Å². The molecule has 1 aliphatic heterocycles. The van der Waals surface area contributed by atoms with Crippen molar-refractivity contribution in [1.29, 1.82) is 0 Å². The molecule has 0 radical (unpaired) electrons. The Morgan fingerprint density at radius 3 is 2.58 bits per heavy atom. The number of benzene rings is 1. The van der Waals surface area contributed by atoms with Crippen molar-refractivity contribution < 1.29 is 14.6 Å². The Kier molecular flexibility index (Phi) is 5.36. The van der Waals surface area contributed by atoms with Gasteiger partial charge in [0, 0.05) is 13.0 Å². The van der Waals surface area contributed by atoms with Gasteiger partial charge < -0.3 is 19.5 Å². The van der Waals surface area contributed by atoms with E-state index in [1.807, 2.05) is 24.3 Å². The second-order valence-corrected chi connectivity index (χ2v) is 4.99. The normalized spacial score (nSPS) is 17.3. The quantitative estimate of drug-likeness (QED) is 0.753. The molecule has 104 valence electrons. The fraction of sp³-hybridized carbons (Fsp3) is 0.533. The van der Waals surface area contributed by atoms with Crippen molar-refractivity contribution in [3.63, 3.8) is 0 Å². The minimum Gasteiger partial charge on any atom is -0.491 e. The number of carbonyl (C=O) groups excluding carboxylic acids is 1. The summed E-state index contributed by atoms with van der Waals surface area (Å²) in [5.41, 5.74) is 0.972. The monoisotopic (exact) mass is 263 g/mol. The van der Waals surface area contributed by atoms with E-state index in [2.05, 4.69) is 4.90 Å². The maximum atomic E-state index is 10.4. The number of carbonyl (C=O) groups is 1. The lowest BCUT2D eigenvalue weighted by atomic mass is 10.2. The predicted molar refractivity (Wildman–Crippen MR) is 73.4 cm³/mol. The number of β-amino-alcohol motifs (C(OH)–C–C–N with tert-alkyl or cyclic N) is 1. The Labute approximate surface area is 114 Å². The highest BCUT2D eigenvalue weighted by Crippen LogP contribution is 2.13. The van der Waals surface area contributed by atoms with Crippen LogP contribution in [0, 0.1) is 0 Å². The van der Waals surface area contributed by atoms with Gasteiger partial charge in [-0.1, -0.05) is 12.1 Å². The van der Waals surface area contributed by atoms with Crippen LogP contribution >= 0.6 is 0 Å². The summed E-state index contributed by atoms with van der Waals surface area (Å²) in [5, 5.41) is 9.90. The molecule has 19 heavy (non-hydrogen) atoms. The van der Waals surface area contributed by atoms with Crippen molar-refractivity contribution >= 4 is 6.29 Å². The smallest absolute Gasteiger partial charge is 0.124 e. The molecule has 1 unspecified atom stereocenters. The summed E-state index contributed by atoms with van der Waals surface area (Å²) in [6.45, 7) is 3.15. The molecule has 1 heterocycles. The highest BCUT2D eigenvalue weighted by Gasteiger charge is 2.15. The molecule has 4 nitrogen and oxygen atoms in total. The summed E-state index contributed by atoms with van der Waals surface area (Å²) in [6.07, 6.45) is 3.32. The molecular formula is C15H21NO3. The van der Waals surface area contributed by atoms with Gasteiger partial charge >= 0.3 is 0 Å². The lowest BCUT2D eigenvalue weighted by Gasteiger charge is -2.19. The van der Waals surface area contributed by atoms with Gasteiger partial charge in [0.2, 0.25) is 0 Å². The number of hydrogen-bond donors (Lipinski definition) is 1. The number of hydrogen-bond acceptors (Lipinski definition) is 4. The molecule has 1 saturated heterocycles. The van der Waals surface area contributed by atoms with E-state index in [0.717, 1.165) is 30.7 Å². The molecule has 0 saturated carbocycles. The summed E-state index contributed by atoms with van der Waals surface area (Å²) in [6, 6.07) is 7.41. The summed E-state index contributed by atoms with van der Waals surface area (Å²) in [5.74, 6) is 0.732. The molecule has 1 fully saturated rings. The van der Waals surface area contributed by atoms with Crippen LogP contribution in [-0.2, 0) is 11.2 Å². The Hall–Kier alpha value is -1.39. The molecule has 0 bridgehead atoms. The van der Waals surface area contributed by atoms with Crippen LogP contribution in [0.2, 0.25) is 0 Å². The van der Waals surface area contributed by atoms with Crippen LogP contribution in [0.3, 0.4) is 0 Å². The first kappa shape index (κ1) is 14.0. The highest BCUT2D eigenvalue weighted by molar-refractivity contribution is 5.55. The maximum Gasteiger partial charge on any atom is 0.124 e. The van der Waals surface area contributed by atoms with Crippen LogP contribution < -0.4 is 4.74 Å². The largest absolute Gasteiger partial charge is 0.491 e. The van der Waals surface area contributed by atoms with E-state index in [1.165, 1.54) is 12.8 Å². The van der Waals surface area contributed by atoms with Crippen LogP contribution in [0.4, 0.5) is 0 Å². The van der Waals surface area contributed by atoms with Gasteiger partial charge in [0.15, 0.2) is 0 Å². The Morgan fingerprint density at radius 1 is 1.26 bits per heavy atom. The van der Waals surface area contributed by atoms with E-state index < -0.39 is 6.10 Å². The molecule has 1 aromatic carbocycles. The standard InChI is InChI=1S/C15H21NO3/c17-10-7-13-3-5-15(6-4-13)19-12-14(18)11-16-8-1-2-9-16/h3-6,10,14,18H,1-2,7-9,11-12H2. The average Bonchev–Trinajstić information content (AvgIpc) is 2.91. The topological polar surface area (TPSA) is 49.8 Å². The van der Waals surface area contributed by atoms with Gasteiger partial charge in [-0.05, 0) is 43.6 Å². The molecule has 0 spiro atoms. The fourth-order valence-corrected chi connectivity index (χ4v) is 2.33. The van der Waals surface area contributed by atoms with Gasteiger partial charge in [0.05, 0.1) is 0 Å². The average molecular weight is 263 g/mol. The lowest BCUT2D eigenvalue weighted by Crippen LogP contribution is -2.33. The zero-order chi connectivity index (χ0) is 13.5. The number of ether oxygens (including phenoxy) is 1. The Balaban J connectivity index is 1.72. The number of aliphatic hydroxyl groups is 1. The molecule has 0 amide bonds. The first-order valence-corrected chi connectivity index (χ1v) is 6.84. The maximum absolute atomic E-state index is 10.4. The van der Waals surface area contributed by atoms with Crippen LogP contribution in [-0.4, -0.2) is 48.6 Å². The van der Waals surface area contributed by atoms with Gasteiger partial charge in [-0.3, -0.25) is 0 Å². The van der Waals surface area contributed by atoms with E-state index in [0.29, 0.717) is 19.6 Å². The molecule has 1 atom stereocenters. The van der Waals surface area contributed by atoms with Gasteiger partial charge in [-0.2, -0.15) is 0 Å². The van der Waals surface area contributed by atoms with Gasteiger partial charge in [-0.25, -0.2) is 0 Å². The number of aliphatic hydroxyl groups excluding tert-OH is 1. The fourth-order valence-electron chi connectivity index (χ4n) is 2.33. The predicted octanol–water partition coefficient (Wildman–Crippen LogP) is 1.26. The molecule has 2 rings (SSSR count). The van der Waals surface area contributed by atoms with Crippen LogP contribution in [0.5, 0.6) is 5.75 Å². The van der Waals surface area contributed by atoms with E-state index in [-0.39, 0.29) is 0 Å². The summed E-state index contributed by atoms with van der Waals surface area (Å²) in [7, 11) is 0. The lowest BCUT2D eigenvalue weighted by molar-refractivity contribution is -0.107. The minimum absolute atomic E-state index is 0.309. The second kappa shape index (κ2) is 7.26. The van der Waals surface area contributed by atoms with Crippen molar-refractivity contribution in [2.45, 2.75) is 25.4 Å². The SMILES string of the molecule is O=CCc1ccc(OCC(O)CN2CCCC2)cc1. The van der Waals surface area contributed by atoms with Gasteiger partial charge in [-0.15, -0.1) is 0 Å². The van der Waals surface area contributed by atoms with Crippen LogP contribution in [0.25, 0.3) is 0 Å². The number of nitrogens with zero attached hydrogens (tertiary/aromatic N) is 1. The van der Waals surface area contributed by atoms with Crippen molar-refractivity contribution in [2.24, 2.45) is 0 Å². The highest BCUT2D eigenvalue weighted by atomic mass is 16.5. The Bertz CT molecular complexity index is 385. The zero-order valence-electron chi connectivity index (χ0n) is 11.1. The van der Waals surface area contributed by atoms with E-state index in [9.17, 15) is 9.90 Å². The molecule has 4 heteroatoms. The summed E-state index contributed by atoms with van der Waals surface area (Å²) in [4.78, 5) is 12.6. The van der Waals surface area contributed by atoms with E-state index in [4.69, 9.17) is 4.74 Å². The second-order valence-electron chi connectivity index (χ2n) is 4.99. The number of likely N-dealkylation sites (tertiary alicyclic amines) is 1. The minimum atomic E-state index is -0.451. The third kappa shape index (κ3) is 4.65. The third-order valence-electron chi connectivity index (χ3n) is 3.35. The first-order chi connectivity index (χ1) is 9.28. The first-order valence-electron chi connectivity index (χ1n) is 6.84. The van der Waals surface area contributed by atoms with Crippen molar-refractivity contribution in [3.8, 4) is 5.75 Å². The van der Waals surface area contributed by atoms with Crippen molar-refractivity contribution in [1.82, 2.24) is 4.90 Å². The molecule has 1 aliphatic rings. The number of rotatable bonds is 7. The van der Waals surface area contributed by atoms with Crippen molar-refractivity contribution in [3.05, 3.63) is 29.8 Å². The summed E-state index contributed by atoms with van der Waals surface area (Å²) >= 11 is 0. The molecule has 1 aromatic rings. The molecule has 0 aromatic heterocycles. The molecule has 1 N–H and O–H groups in total. The van der Waals surface area contributed by atoms with Crippen LogP contribution in [0.1, 0.15) is 18.4 Å². The van der Waals surface area contributed by atoms with Gasteiger partial charge in [0.1, 0.15) is 24.7 Å². The van der Waals surface area contributed by atoms with Crippen molar-refractivity contribution in [2.75, 3.05) is 26.2 Å². The van der Waals surface area contributed by atoms with Gasteiger partial charge in [0.25, 0.3) is 0 Å². The van der Waals surface area contributed by atoms with E-state index in [1.54, 1.807) is 0 Å². The third-order valence-corrected chi connectivity index (χ3v) is 3.35. The molecular weight excluding hydrogens is 242 g/mol. The molecule has 0 aliphatic carbocycles. The number of aldehydes is 1. The zero-order valence-corrected chi connectivity index (χ0v) is 11.1. The summed E-state index contributed by atoms with van der Waals surface area (Å²) < 4.78 is 5.55. The Morgan fingerprint density at radius 2 is 1.95 bits per heavy atom. The van der Waals surface area contributed by atoms with Crippen LogP contribution in [0.15, 0.2) is 24.3 Å².